The molecular formula is C20H23N3O2. The molecule has 25 heavy (non-hydrogen) atoms. The Labute approximate surface area is 147 Å². The number of nitrogens with one attached hydrogen (secondary N) is 1. The first-order valence-corrected chi connectivity index (χ1v) is 8.63. The molecule has 0 amide bonds. The fourth-order valence-corrected chi connectivity index (χ4v) is 3.38. The quantitative estimate of drug-likeness (QED) is 0.792. The molecule has 1 aliphatic heterocycles. The molecule has 2 heterocycles. The van der Waals surface area contributed by atoms with Crippen LogP contribution in [0.15, 0.2) is 42.7 Å². The molecule has 1 atom stereocenters. The van der Waals surface area contributed by atoms with Crippen LogP contribution in [0.5, 0.6) is 5.75 Å². The van der Waals surface area contributed by atoms with E-state index in [0.29, 0.717) is 0 Å². The van der Waals surface area contributed by atoms with Gasteiger partial charge in [0.05, 0.1) is 31.8 Å². The van der Waals surface area contributed by atoms with Crippen molar-refractivity contribution in [1.82, 2.24) is 14.9 Å². The monoisotopic (exact) mass is 337 g/mol. The highest BCUT2D eigenvalue weighted by molar-refractivity contribution is 5.84. The summed E-state index contributed by atoms with van der Waals surface area (Å²) < 4.78 is 11.3. The Morgan fingerprint density at radius 2 is 2.08 bits per heavy atom. The molecule has 1 N–H and O–H groups in total. The highest BCUT2D eigenvalue weighted by Gasteiger charge is 2.23. The maximum atomic E-state index is 6.04. The summed E-state index contributed by atoms with van der Waals surface area (Å²) in [5.74, 6) is 0.884. The first-order chi connectivity index (χ1) is 12.2. The number of imidazole rings is 1. The molecule has 1 saturated heterocycles. The van der Waals surface area contributed by atoms with Gasteiger partial charge in [-0.2, -0.15) is 0 Å². The Morgan fingerprint density at radius 3 is 2.88 bits per heavy atom. The molecule has 1 fully saturated rings. The van der Waals surface area contributed by atoms with Crippen molar-refractivity contribution >= 4 is 10.8 Å². The molecule has 4 rings (SSSR count). The highest BCUT2D eigenvalue weighted by Crippen LogP contribution is 2.28. The molecule has 0 radical (unpaired) electrons. The predicted octanol–water partition coefficient (Wildman–Crippen LogP) is 3.45. The third kappa shape index (κ3) is 3.38. The third-order valence-electron chi connectivity index (χ3n) is 4.90. The normalized spacial score (nSPS) is 18.6. The molecule has 130 valence electrons. The summed E-state index contributed by atoms with van der Waals surface area (Å²) in [6.45, 7) is 5.49. The van der Waals surface area contributed by atoms with Gasteiger partial charge in [-0.05, 0) is 41.5 Å². The summed E-state index contributed by atoms with van der Waals surface area (Å²) in [6, 6.07) is 12.7. The number of rotatable bonds is 4. The lowest BCUT2D eigenvalue weighted by Gasteiger charge is -2.33. The summed E-state index contributed by atoms with van der Waals surface area (Å²) in [4.78, 5) is 9.98. The molecule has 0 aliphatic carbocycles. The number of aryl methyl sites for hydroxylation is 1. The lowest BCUT2D eigenvalue weighted by Crippen LogP contribution is -2.38. The molecule has 0 unspecified atom stereocenters. The van der Waals surface area contributed by atoms with Crippen LogP contribution in [-0.4, -0.2) is 41.7 Å². The van der Waals surface area contributed by atoms with Crippen LogP contribution in [0.4, 0.5) is 0 Å². The van der Waals surface area contributed by atoms with Crippen molar-refractivity contribution in [3.8, 4) is 5.75 Å². The van der Waals surface area contributed by atoms with Gasteiger partial charge in [0.1, 0.15) is 5.75 Å². The zero-order valence-corrected chi connectivity index (χ0v) is 14.7. The van der Waals surface area contributed by atoms with E-state index in [1.165, 1.54) is 16.3 Å². The van der Waals surface area contributed by atoms with Gasteiger partial charge in [0.25, 0.3) is 0 Å². The first kappa shape index (κ1) is 16.1. The Hall–Kier alpha value is -2.37. The van der Waals surface area contributed by atoms with Crippen LogP contribution in [-0.2, 0) is 11.3 Å². The fraction of sp³-hybridized carbons (Fsp3) is 0.350. The van der Waals surface area contributed by atoms with Gasteiger partial charge in [-0.3, -0.25) is 4.90 Å². The van der Waals surface area contributed by atoms with Crippen molar-refractivity contribution in [3.63, 3.8) is 0 Å². The lowest BCUT2D eigenvalue weighted by atomic mass is 10.0. The number of hydrogen-bond acceptors (Lipinski definition) is 4. The van der Waals surface area contributed by atoms with E-state index in [2.05, 4.69) is 52.1 Å². The summed E-state index contributed by atoms with van der Waals surface area (Å²) >= 11 is 0. The van der Waals surface area contributed by atoms with Crippen molar-refractivity contribution < 1.29 is 9.47 Å². The molecule has 5 heteroatoms. The molecule has 3 aromatic rings. The second-order valence-corrected chi connectivity index (χ2v) is 6.54. The van der Waals surface area contributed by atoms with Crippen LogP contribution in [0, 0.1) is 6.92 Å². The Balaban J connectivity index is 1.52. The van der Waals surface area contributed by atoms with Gasteiger partial charge in [0, 0.05) is 25.3 Å². The minimum Gasteiger partial charge on any atom is -0.497 e. The molecule has 1 aliphatic rings. The van der Waals surface area contributed by atoms with E-state index in [1.807, 2.05) is 6.07 Å². The maximum absolute atomic E-state index is 6.04. The number of hydrogen-bond donors (Lipinski definition) is 1. The van der Waals surface area contributed by atoms with Gasteiger partial charge in [0.2, 0.25) is 0 Å². The van der Waals surface area contributed by atoms with E-state index in [9.17, 15) is 0 Å². The van der Waals surface area contributed by atoms with Crippen molar-refractivity contribution in [2.45, 2.75) is 19.6 Å². The average molecular weight is 337 g/mol. The number of nitrogens with zero attached hydrogens (tertiary/aromatic N) is 2. The minimum atomic E-state index is 0.0968. The van der Waals surface area contributed by atoms with E-state index in [0.717, 1.165) is 43.4 Å². The molecule has 5 nitrogen and oxygen atoms in total. The summed E-state index contributed by atoms with van der Waals surface area (Å²) in [5.41, 5.74) is 3.48. The smallest absolute Gasteiger partial charge is 0.119 e. The zero-order chi connectivity index (χ0) is 17.2. The van der Waals surface area contributed by atoms with E-state index in [4.69, 9.17) is 9.47 Å². The van der Waals surface area contributed by atoms with E-state index >= 15 is 0 Å². The molecular weight excluding hydrogens is 314 g/mol. The van der Waals surface area contributed by atoms with Crippen LogP contribution < -0.4 is 4.74 Å². The third-order valence-corrected chi connectivity index (χ3v) is 4.90. The van der Waals surface area contributed by atoms with Gasteiger partial charge in [0.15, 0.2) is 0 Å². The van der Waals surface area contributed by atoms with Gasteiger partial charge in [-0.15, -0.1) is 0 Å². The second kappa shape index (κ2) is 6.86. The summed E-state index contributed by atoms with van der Waals surface area (Å²) in [5, 5.41) is 2.39. The number of ether oxygens (including phenoxy) is 2. The van der Waals surface area contributed by atoms with Crippen molar-refractivity contribution in [2.24, 2.45) is 0 Å². The molecule has 0 spiro atoms. The fourth-order valence-electron chi connectivity index (χ4n) is 3.38. The highest BCUT2D eigenvalue weighted by atomic mass is 16.5. The van der Waals surface area contributed by atoms with Gasteiger partial charge >= 0.3 is 0 Å². The van der Waals surface area contributed by atoms with E-state index in [-0.39, 0.29) is 6.10 Å². The number of methoxy groups -OCH3 is 1. The first-order valence-electron chi connectivity index (χ1n) is 8.63. The van der Waals surface area contributed by atoms with Crippen molar-refractivity contribution in [2.75, 3.05) is 26.8 Å². The molecule has 0 bridgehead atoms. The van der Waals surface area contributed by atoms with Gasteiger partial charge in [-0.25, -0.2) is 4.98 Å². The number of aromatic nitrogens is 2. The van der Waals surface area contributed by atoms with Crippen LogP contribution >= 0.6 is 0 Å². The predicted molar refractivity (Wildman–Crippen MR) is 97.8 cm³/mol. The number of fused-ring (bicyclic) bond motifs is 1. The number of aromatic amines is 1. The van der Waals surface area contributed by atoms with Crippen molar-refractivity contribution in [3.05, 3.63) is 59.7 Å². The Bertz CT molecular complexity index is 874. The number of H-pyrrole nitrogens is 1. The lowest BCUT2D eigenvalue weighted by molar-refractivity contribution is -0.0332. The number of benzene rings is 2. The van der Waals surface area contributed by atoms with E-state index < -0.39 is 0 Å². The van der Waals surface area contributed by atoms with Crippen LogP contribution in [0.1, 0.15) is 23.1 Å². The standard InChI is InChI=1S/C20H23N3O2/c1-14-19(22-13-21-14)11-23-7-8-25-20(12-23)17-4-3-16-10-18(24-2)6-5-15(16)9-17/h3-6,9-10,13,20H,7-8,11-12H2,1-2H3,(H,21,22)/t20-/m0/s1. The van der Waals surface area contributed by atoms with Crippen LogP contribution in [0.2, 0.25) is 0 Å². The second-order valence-electron chi connectivity index (χ2n) is 6.54. The van der Waals surface area contributed by atoms with Gasteiger partial charge in [-0.1, -0.05) is 18.2 Å². The average Bonchev–Trinajstić information content (AvgIpc) is 3.05. The largest absolute Gasteiger partial charge is 0.497 e. The zero-order valence-electron chi connectivity index (χ0n) is 14.7. The molecule has 2 aromatic carbocycles. The SMILES string of the molecule is COc1ccc2cc([C@@H]3CN(Cc4nc[nH]c4C)CCO3)ccc2c1. The van der Waals surface area contributed by atoms with Gasteiger partial charge < -0.3 is 14.5 Å². The van der Waals surface area contributed by atoms with Crippen LogP contribution in [0.3, 0.4) is 0 Å². The maximum Gasteiger partial charge on any atom is 0.119 e. The summed E-state index contributed by atoms with van der Waals surface area (Å²) in [6.07, 6.45) is 1.86. The molecule has 1 aromatic heterocycles. The summed E-state index contributed by atoms with van der Waals surface area (Å²) in [7, 11) is 1.70. The van der Waals surface area contributed by atoms with Crippen molar-refractivity contribution in [1.29, 1.82) is 0 Å². The van der Waals surface area contributed by atoms with Crippen LogP contribution in [0.25, 0.3) is 10.8 Å². The molecule has 0 saturated carbocycles. The topological polar surface area (TPSA) is 50.4 Å². The Kier molecular flexibility index (Phi) is 4.42. The minimum absolute atomic E-state index is 0.0968. The Morgan fingerprint density at radius 1 is 1.24 bits per heavy atom. The van der Waals surface area contributed by atoms with E-state index in [1.54, 1.807) is 13.4 Å². The number of morpholine rings is 1.